The van der Waals surface area contributed by atoms with Crippen LogP contribution in [-0.2, 0) is 6.54 Å². The van der Waals surface area contributed by atoms with Crippen molar-refractivity contribution in [1.82, 2.24) is 14.8 Å². The Labute approximate surface area is 180 Å². The second kappa shape index (κ2) is 8.85. The molecule has 1 fully saturated rings. The van der Waals surface area contributed by atoms with Crippen molar-refractivity contribution in [3.05, 3.63) is 64.7 Å². The number of aromatic hydroxyl groups is 1. The minimum atomic E-state index is -0.105. The number of phenols is 1. The number of carbonyl (C=O) groups is 1. The van der Waals surface area contributed by atoms with Crippen LogP contribution < -0.4 is 4.74 Å². The summed E-state index contributed by atoms with van der Waals surface area (Å²) < 4.78 is 5.21. The van der Waals surface area contributed by atoms with Gasteiger partial charge in [0.1, 0.15) is 16.5 Å². The Morgan fingerprint density at radius 1 is 1.13 bits per heavy atom. The van der Waals surface area contributed by atoms with Crippen molar-refractivity contribution >= 4 is 17.2 Å². The van der Waals surface area contributed by atoms with E-state index in [1.807, 2.05) is 36.1 Å². The van der Waals surface area contributed by atoms with Crippen molar-refractivity contribution in [2.24, 2.45) is 0 Å². The van der Waals surface area contributed by atoms with E-state index in [0.717, 1.165) is 47.2 Å². The number of methoxy groups -OCH3 is 1. The number of hydrogen-bond donors (Lipinski definition) is 1. The lowest BCUT2D eigenvalue weighted by molar-refractivity contribution is 0.0624. The number of piperazine rings is 1. The Balaban J connectivity index is 1.34. The molecule has 4 rings (SSSR count). The lowest BCUT2D eigenvalue weighted by Gasteiger charge is -2.34. The van der Waals surface area contributed by atoms with Crippen molar-refractivity contribution in [3.8, 4) is 22.1 Å². The fourth-order valence-corrected chi connectivity index (χ4v) is 4.39. The molecule has 156 valence electrons. The van der Waals surface area contributed by atoms with E-state index in [1.165, 1.54) is 0 Å². The number of carbonyl (C=O) groups excluding carboxylic acids is 1. The van der Waals surface area contributed by atoms with Crippen molar-refractivity contribution in [1.29, 1.82) is 0 Å². The molecular weight excluding hydrogens is 398 g/mol. The van der Waals surface area contributed by atoms with Crippen LogP contribution in [-0.4, -0.2) is 59.1 Å². The molecule has 3 aromatic rings. The molecule has 7 heteroatoms. The van der Waals surface area contributed by atoms with Gasteiger partial charge in [-0.2, -0.15) is 0 Å². The van der Waals surface area contributed by atoms with Gasteiger partial charge in [-0.25, -0.2) is 4.98 Å². The number of amides is 1. The number of aromatic nitrogens is 1. The largest absolute Gasteiger partial charge is 0.507 e. The van der Waals surface area contributed by atoms with Crippen molar-refractivity contribution < 1.29 is 14.6 Å². The predicted octanol–water partition coefficient (Wildman–Crippen LogP) is 3.79. The van der Waals surface area contributed by atoms with Gasteiger partial charge >= 0.3 is 0 Å². The van der Waals surface area contributed by atoms with Crippen LogP contribution in [0.5, 0.6) is 11.5 Å². The zero-order valence-corrected chi connectivity index (χ0v) is 18.0. The summed E-state index contributed by atoms with van der Waals surface area (Å²) in [5.41, 5.74) is 3.47. The van der Waals surface area contributed by atoms with Gasteiger partial charge in [-0.3, -0.25) is 9.69 Å². The summed E-state index contributed by atoms with van der Waals surface area (Å²) in [5.74, 6) is 0.773. The third-order valence-electron chi connectivity index (χ3n) is 5.32. The molecule has 0 aliphatic carbocycles. The number of aryl methyl sites for hydroxylation is 1. The van der Waals surface area contributed by atoms with E-state index in [9.17, 15) is 9.90 Å². The number of rotatable bonds is 5. The molecule has 1 amide bonds. The van der Waals surface area contributed by atoms with Gasteiger partial charge in [0.05, 0.1) is 18.4 Å². The minimum absolute atomic E-state index is 0.0431. The third kappa shape index (κ3) is 4.47. The van der Waals surface area contributed by atoms with Crippen LogP contribution in [0, 0.1) is 6.92 Å². The molecule has 0 spiro atoms. The van der Waals surface area contributed by atoms with Crippen LogP contribution in [0.4, 0.5) is 0 Å². The van der Waals surface area contributed by atoms with Gasteiger partial charge in [0.25, 0.3) is 5.91 Å². The minimum Gasteiger partial charge on any atom is -0.507 e. The van der Waals surface area contributed by atoms with Gasteiger partial charge in [0.15, 0.2) is 0 Å². The van der Waals surface area contributed by atoms with E-state index in [4.69, 9.17) is 9.72 Å². The topological polar surface area (TPSA) is 65.9 Å². The summed E-state index contributed by atoms with van der Waals surface area (Å²) >= 11 is 1.64. The van der Waals surface area contributed by atoms with Crippen molar-refractivity contribution in [2.45, 2.75) is 13.5 Å². The number of phenolic OH excluding ortho intramolecular Hbond substituents is 1. The first-order valence-corrected chi connectivity index (χ1v) is 10.8. The van der Waals surface area contributed by atoms with Crippen molar-refractivity contribution in [2.75, 3.05) is 33.3 Å². The zero-order chi connectivity index (χ0) is 21.1. The summed E-state index contributed by atoms with van der Waals surface area (Å²) in [4.78, 5) is 21.7. The Morgan fingerprint density at radius 2 is 1.87 bits per heavy atom. The highest BCUT2D eigenvalue weighted by Crippen LogP contribution is 2.26. The Kier molecular flexibility index (Phi) is 6.01. The highest BCUT2D eigenvalue weighted by atomic mass is 32.1. The van der Waals surface area contributed by atoms with Crippen LogP contribution in [0.3, 0.4) is 0 Å². The molecule has 0 bridgehead atoms. The van der Waals surface area contributed by atoms with Crippen LogP contribution >= 0.6 is 11.3 Å². The normalized spacial score (nSPS) is 14.7. The number of ether oxygens (including phenoxy) is 1. The molecule has 1 saturated heterocycles. The number of thiazole rings is 1. The Morgan fingerprint density at radius 3 is 2.57 bits per heavy atom. The monoisotopic (exact) mass is 423 g/mol. The lowest BCUT2D eigenvalue weighted by atomic mass is 10.1. The maximum atomic E-state index is 12.8. The molecule has 0 unspecified atom stereocenters. The average Bonchev–Trinajstić information content (AvgIpc) is 3.24. The second-order valence-corrected chi connectivity index (χ2v) is 8.32. The summed E-state index contributed by atoms with van der Waals surface area (Å²) in [7, 11) is 1.66. The molecule has 1 aromatic heterocycles. The number of benzene rings is 2. The molecule has 0 radical (unpaired) electrons. The van der Waals surface area contributed by atoms with Gasteiger partial charge in [-0.05, 0) is 43.3 Å². The Hall–Kier alpha value is -2.90. The molecule has 2 heterocycles. The van der Waals surface area contributed by atoms with Gasteiger partial charge < -0.3 is 14.7 Å². The average molecular weight is 424 g/mol. The van der Waals surface area contributed by atoms with Gasteiger partial charge in [-0.15, -0.1) is 11.3 Å². The van der Waals surface area contributed by atoms with Crippen LogP contribution in [0.2, 0.25) is 0 Å². The molecule has 1 aliphatic heterocycles. The maximum Gasteiger partial charge on any atom is 0.257 e. The Bertz CT molecular complexity index is 1020. The predicted molar refractivity (Wildman–Crippen MR) is 118 cm³/mol. The zero-order valence-electron chi connectivity index (χ0n) is 17.2. The molecule has 30 heavy (non-hydrogen) atoms. The fraction of sp³-hybridized carbons (Fsp3) is 0.304. The first kappa shape index (κ1) is 20.4. The third-order valence-corrected chi connectivity index (χ3v) is 6.26. The first-order valence-electron chi connectivity index (χ1n) is 9.93. The molecule has 0 saturated carbocycles. The molecule has 1 N–H and O–H groups in total. The van der Waals surface area contributed by atoms with Crippen LogP contribution in [0.1, 0.15) is 21.6 Å². The molecule has 6 nitrogen and oxygen atoms in total. The maximum absolute atomic E-state index is 12.8. The summed E-state index contributed by atoms with van der Waals surface area (Å²) in [6.45, 7) is 5.54. The van der Waals surface area contributed by atoms with Gasteiger partial charge in [-0.1, -0.05) is 11.6 Å². The standard InChI is InChI=1S/C23H25N3O3S/c1-16-3-8-21(27)20(13-16)23(28)26-11-9-25(10-12-26)14-18-15-30-22(24-18)17-4-6-19(29-2)7-5-17/h3-8,13,15,27H,9-12,14H2,1-2H3. The smallest absolute Gasteiger partial charge is 0.257 e. The SMILES string of the molecule is COc1ccc(-c2nc(CN3CCN(C(=O)c4cc(C)ccc4O)CC3)cs2)cc1. The summed E-state index contributed by atoms with van der Waals surface area (Å²) in [5, 5.41) is 13.1. The highest BCUT2D eigenvalue weighted by molar-refractivity contribution is 7.13. The van der Waals surface area contributed by atoms with E-state index in [1.54, 1.807) is 36.6 Å². The second-order valence-electron chi connectivity index (χ2n) is 7.46. The van der Waals surface area contributed by atoms with Crippen LogP contribution in [0.25, 0.3) is 10.6 Å². The van der Waals surface area contributed by atoms with E-state index < -0.39 is 0 Å². The van der Waals surface area contributed by atoms with E-state index in [0.29, 0.717) is 18.7 Å². The van der Waals surface area contributed by atoms with Crippen LogP contribution in [0.15, 0.2) is 47.8 Å². The van der Waals surface area contributed by atoms with Gasteiger partial charge in [0.2, 0.25) is 0 Å². The van der Waals surface area contributed by atoms with E-state index in [2.05, 4.69) is 10.3 Å². The lowest BCUT2D eigenvalue weighted by Crippen LogP contribution is -2.48. The van der Waals surface area contributed by atoms with E-state index in [-0.39, 0.29) is 11.7 Å². The van der Waals surface area contributed by atoms with E-state index >= 15 is 0 Å². The number of hydrogen-bond acceptors (Lipinski definition) is 6. The first-order chi connectivity index (χ1) is 14.5. The molecule has 0 atom stereocenters. The van der Waals surface area contributed by atoms with Gasteiger partial charge in [0, 0.05) is 43.7 Å². The quantitative estimate of drug-likeness (QED) is 0.676. The van der Waals surface area contributed by atoms with Crippen molar-refractivity contribution in [3.63, 3.8) is 0 Å². The summed E-state index contributed by atoms with van der Waals surface area (Å²) in [6.07, 6.45) is 0. The summed E-state index contributed by atoms with van der Waals surface area (Å²) in [6, 6.07) is 13.1. The molecule has 1 aliphatic rings. The highest BCUT2D eigenvalue weighted by Gasteiger charge is 2.24. The molecule has 2 aromatic carbocycles. The number of nitrogens with zero attached hydrogens (tertiary/aromatic N) is 3. The fourth-order valence-electron chi connectivity index (χ4n) is 3.58. The molecular formula is C23H25N3O3S.